The number of ketones is 1. The van der Waals surface area contributed by atoms with E-state index >= 15 is 0 Å². The van der Waals surface area contributed by atoms with Crippen molar-refractivity contribution in [2.45, 2.75) is 6.42 Å². The van der Waals surface area contributed by atoms with E-state index in [1.54, 1.807) is 0 Å². The molecule has 0 aliphatic heterocycles. The number of carbonyl (C=O) groups is 1. The molecule has 17 heavy (non-hydrogen) atoms. The first kappa shape index (κ1) is 12.9. The number of benzene rings is 1. The SMILES string of the molecule is O=C(Cc1sccc1Br)c1ccc(F)cc1Br. The first-order chi connectivity index (χ1) is 8.08. The molecule has 0 aliphatic carbocycles. The normalized spacial score (nSPS) is 10.5. The van der Waals surface area contributed by atoms with E-state index in [1.165, 1.54) is 29.5 Å². The molecule has 5 heteroatoms. The number of hydrogen-bond acceptors (Lipinski definition) is 2. The highest BCUT2D eigenvalue weighted by Crippen LogP contribution is 2.26. The summed E-state index contributed by atoms with van der Waals surface area (Å²) in [7, 11) is 0. The van der Waals surface area contributed by atoms with Gasteiger partial charge < -0.3 is 0 Å². The van der Waals surface area contributed by atoms with Crippen LogP contribution in [0.25, 0.3) is 0 Å². The van der Waals surface area contributed by atoms with Gasteiger partial charge in [0.25, 0.3) is 0 Å². The van der Waals surface area contributed by atoms with Gasteiger partial charge in [0.15, 0.2) is 5.78 Å². The molecule has 2 aromatic rings. The van der Waals surface area contributed by atoms with Crippen molar-refractivity contribution >= 4 is 49.0 Å². The third-order valence-corrected chi connectivity index (χ3v) is 4.83. The third kappa shape index (κ3) is 3.03. The lowest BCUT2D eigenvalue weighted by atomic mass is 10.1. The van der Waals surface area contributed by atoms with E-state index in [1.807, 2.05) is 11.4 Å². The van der Waals surface area contributed by atoms with Crippen LogP contribution in [-0.2, 0) is 6.42 Å². The van der Waals surface area contributed by atoms with E-state index in [-0.39, 0.29) is 11.6 Å². The van der Waals surface area contributed by atoms with Crippen LogP contribution < -0.4 is 0 Å². The number of Topliss-reactive ketones (excluding diaryl/α,β-unsaturated/α-hetero) is 1. The second-order valence-electron chi connectivity index (χ2n) is 3.42. The molecule has 0 spiro atoms. The lowest BCUT2D eigenvalue weighted by Crippen LogP contribution is -2.03. The molecule has 0 atom stereocenters. The van der Waals surface area contributed by atoms with Crippen LogP contribution in [0, 0.1) is 5.82 Å². The Morgan fingerprint density at radius 1 is 1.24 bits per heavy atom. The van der Waals surface area contributed by atoms with Gasteiger partial charge in [0.2, 0.25) is 0 Å². The van der Waals surface area contributed by atoms with Crippen molar-refractivity contribution in [1.82, 2.24) is 0 Å². The van der Waals surface area contributed by atoms with Gasteiger partial charge in [0, 0.05) is 25.8 Å². The summed E-state index contributed by atoms with van der Waals surface area (Å²) >= 11 is 8.11. The van der Waals surface area contributed by atoms with Crippen molar-refractivity contribution in [2.75, 3.05) is 0 Å². The molecule has 0 unspecified atom stereocenters. The van der Waals surface area contributed by atoms with Crippen molar-refractivity contribution < 1.29 is 9.18 Å². The van der Waals surface area contributed by atoms with Gasteiger partial charge in [-0.05, 0) is 61.5 Å². The summed E-state index contributed by atoms with van der Waals surface area (Å²) in [4.78, 5) is 13.0. The van der Waals surface area contributed by atoms with Crippen molar-refractivity contribution in [2.24, 2.45) is 0 Å². The zero-order valence-electron chi connectivity index (χ0n) is 8.54. The van der Waals surface area contributed by atoms with Gasteiger partial charge in [0.1, 0.15) is 5.82 Å². The summed E-state index contributed by atoms with van der Waals surface area (Å²) in [5.74, 6) is -0.384. The Hall–Kier alpha value is -0.520. The molecular weight excluding hydrogens is 371 g/mol. The van der Waals surface area contributed by atoms with Crippen LogP contribution in [0.3, 0.4) is 0 Å². The van der Waals surface area contributed by atoms with Crippen LogP contribution in [0.4, 0.5) is 4.39 Å². The van der Waals surface area contributed by atoms with Crippen LogP contribution >= 0.6 is 43.2 Å². The number of hydrogen-bond donors (Lipinski definition) is 0. The van der Waals surface area contributed by atoms with E-state index < -0.39 is 0 Å². The highest BCUT2D eigenvalue weighted by atomic mass is 79.9. The number of carbonyl (C=O) groups excluding carboxylic acids is 1. The summed E-state index contributed by atoms with van der Waals surface area (Å²) in [5.41, 5.74) is 0.506. The molecule has 0 radical (unpaired) electrons. The van der Waals surface area contributed by atoms with Gasteiger partial charge in [0.05, 0.1) is 0 Å². The number of thiophene rings is 1. The second kappa shape index (κ2) is 5.42. The van der Waals surface area contributed by atoms with E-state index in [0.717, 1.165) is 9.35 Å². The van der Waals surface area contributed by atoms with E-state index in [0.29, 0.717) is 16.5 Å². The Morgan fingerprint density at radius 3 is 2.59 bits per heavy atom. The summed E-state index contributed by atoms with van der Waals surface area (Å²) in [6, 6.07) is 6.01. The average molecular weight is 378 g/mol. The summed E-state index contributed by atoms with van der Waals surface area (Å²) < 4.78 is 14.3. The second-order valence-corrected chi connectivity index (χ2v) is 6.13. The van der Waals surface area contributed by atoms with Gasteiger partial charge in [-0.3, -0.25) is 4.79 Å². The molecule has 1 nitrogen and oxygen atoms in total. The van der Waals surface area contributed by atoms with E-state index in [9.17, 15) is 9.18 Å². The first-order valence-electron chi connectivity index (χ1n) is 4.78. The maximum absolute atomic E-state index is 12.9. The fraction of sp³-hybridized carbons (Fsp3) is 0.0833. The van der Waals surface area contributed by atoms with E-state index in [4.69, 9.17) is 0 Å². The molecule has 0 fully saturated rings. The molecule has 88 valence electrons. The largest absolute Gasteiger partial charge is 0.294 e. The fourth-order valence-corrected chi connectivity index (χ4v) is 3.47. The van der Waals surface area contributed by atoms with Gasteiger partial charge in [-0.25, -0.2) is 4.39 Å². The van der Waals surface area contributed by atoms with Gasteiger partial charge >= 0.3 is 0 Å². The molecule has 0 saturated carbocycles. The van der Waals surface area contributed by atoms with Crippen molar-refractivity contribution in [3.8, 4) is 0 Å². The molecular formula is C12H7Br2FOS. The quantitative estimate of drug-likeness (QED) is 0.699. The zero-order chi connectivity index (χ0) is 12.4. The molecule has 0 bridgehead atoms. The monoisotopic (exact) mass is 376 g/mol. The zero-order valence-corrected chi connectivity index (χ0v) is 12.5. The molecule has 0 N–H and O–H groups in total. The smallest absolute Gasteiger partial charge is 0.169 e. The minimum Gasteiger partial charge on any atom is -0.294 e. The Balaban J connectivity index is 2.23. The molecule has 2 rings (SSSR count). The van der Waals surface area contributed by atoms with Crippen molar-refractivity contribution in [3.63, 3.8) is 0 Å². The van der Waals surface area contributed by atoms with Crippen LogP contribution in [0.5, 0.6) is 0 Å². The molecule has 0 aliphatic rings. The summed E-state index contributed by atoms with van der Waals surface area (Å²) in [6.07, 6.45) is 0.322. The van der Waals surface area contributed by atoms with Gasteiger partial charge in [-0.15, -0.1) is 11.3 Å². The summed E-state index contributed by atoms with van der Waals surface area (Å²) in [6.45, 7) is 0. The molecule has 1 aromatic heterocycles. The lowest BCUT2D eigenvalue weighted by Gasteiger charge is -2.03. The van der Waals surface area contributed by atoms with Crippen LogP contribution in [-0.4, -0.2) is 5.78 Å². The maximum atomic E-state index is 12.9. The topological polar surface area (TPSA) is 17.1 Å². The minimum atomic E-state index is -0.356. The Morgan fingerprint density at radius 2 is 2.00 bits per heavy atom. The first-order valence-corrected chi connectivity index (χ1v) is 7.24. The molecule has 0 amide bonds. The molecule has 1 heterocycles. The highest BCUT2D eigenvalue weighted by molar-refractivity contribution is 9.10. The van der Waals surface area contributed by atoms with Gasteiger partial charge in [-0.1, -0.05) is 0 Å². The number of halogens is 3. The van der Waals surface area contributed by atoms with Gasteiger partial charge in [-0.2, -0.15) is 0 Å². The van der Waals surface area contributed by atoms with E-state index in [2.05, 4.69) is 31.9 Å². The molecule has 0 saturated heterocycles. The number of rotatable bonds is 3. The Kier molecular flexibility index (Phi) is 4.12. The Labute approximate surface area is 119 Å². The van der Waals surface area contributed by atoms with Crippen molar-refractivity contribution in [1.29, 1.82) is 0 Å². The third-order valence-electron chi connectivity index (χ3n) is 2.24. The predicted molar refractivity (Wildman–Crippen MR) is 74.2 cm³/mol. The highest BCUT2D eigenvalue weighted by Gasteiger charge is 2.13. The molecule has 1 aromatic carbocycles. The standard InChI is InChI=1S/C12H7Br2FOS/c13-9-3-4-17-12(9)6-11(16)8-2-1-7(15)5-10(8)14/h1-5H,6H2. The Bertz CT molecular complexity index is 565. The lowest BCUT2D eigenvalue weighted by molar-refractivity contribution is 0.0993. The van der Waals surface area contributed by atoms with Crippen molar-refractivity contribution in [3.05, 3.63) is 54.8 Å². The fourth-order valence-electron chi connectivity index (χ4n) is 1.41. The van der Waals surface area contributed by atoms with Crippen LogP contribution in [0.1, 0.15) is 15.2 Å². The maximum Gasteiger partial charge on any atom is 0.169 e. The predicted octanol–water partition coefficient (Wildman–Crippen LogP) is 4.84. The summed E-state index contributed by atoms with van der Waals surface area (Å²) in [5, 5.41) is 1.92. The van der Waals surface area contributed by atoms with Crippen LogP contribution in [0.15, 0.2) is 38.6 Å². The van der Waals surface area contributed by atoms with Crippen LogP contribution in [0.2, 0.25) is 0 Å². The minimum absolute atomic E-state index is 0.0278. The average Bonchev–Trinajstić information content (AvgIpc) is 2.64.